The molecule has 2 aromatic carbocycles. The first-order valence-corrected chi connectivity index (χ1v) is 5.15. The van der Waals surface area contributed by atoms with Crippen molar-refractivity contribution >= 4 is 0 Å². The van der Waals surface area contributed by atoms with E-state index in [1.54, 1.807) is 0 Å². The molecule has 0 spiro atoms. The molecule has 0 aliphatic heterocycles. The molecule has 75 valence electrons. The largest absolute Gasteiger partial charge is 0.309 e. The van der Waals surface area contributed by atoms with E-state index >= 15 is 0 Å². The number of hydrogen-bond acceptors (Lipinski definition) is 1. The van der Waals surface area contributed by atoms with E-state index in [9.17, 15) is 0 Å². The molecule has 1 heteroatoms. The molecule has 0 saturated heterocycles. The van der Waals surface area contributed by atoms with Crippen LogP contribution in [0.15, 0.2) is 54.6 Å². The van der Waals surface area contributed by atoms with Crippen LogP contribution in [-0.2, 0) is 13.1 Å². The van der Waals surface area contributed by atoms with Gasteiger partial charge in [-0.3, -0.25) is 0 Å². The van der Waals surface area contributed by atoms with Crippen LogP contribution in [0.1, 0.15) is 11.1 Å². The third-order valence-corrected chi connectivity index (χ3v) is 2.27. The third-order valence-electron chi connectivity index (χ3n) is 2.27. The Morgan fingerprint density at radius 1 is 0.867 bits per heavy atom. The van der Waals surface area contributed by atoms with Crippen LogP contribution < -0.4 is 5.32 Å². The van der Waals surface area contributed by atoms with Crippen molar-refractivity contribution in [2.45, 2.75) is 13.1 Å². The van der Waals surface area contributed by atoms with Crippen molar-refractivity contribution in [1.29, 1.82) is 0 Å². The Morgan fingerprint density at radius 3 is 2.33 bits per heavy atom. The average Bonchev–Trinajstić information content (AvgIpc) is 2.32. The fourth-order valence-electron chi connectivity index (χ4n) is 1.49. The van der Waals surface area contributed by atoms with E-state index in [1.807, 2.05) is 24.3 Å². The molecule has 0 aliphatic rings. The minimum atomic E-state index is 0.895. The SMILES string of the molecule is [c]1cccc(CNCc2ccccc2)c1. The van der Waals surface area contributed by atoms with E-state index in [4.69, 9.17) is 0 Å². The summed E-state index contributed by atoms with van der Waals surface area (Å²) in [5.41, 5.74) is 2.59. The zero-order chi connectivity index (χ0) is 10.3. The maximum Gasteiger partial charge on any atom is 0.0208 e. The van der Waals surface area contributed by atoms with Crippen LogP contribution in [0.25, 0.3) is 0 Å². The molecule has 1 nitrogen and oxygen atoms in total. The van der Waals surface area contributed by atoms with E-state index < -0.39 is 0 Å². The topological polar surface area (TPSA) is 12.0 Å². The number of nitrogens with one attached hydrogen (secondary N) is 1. The fraction of sp³-hybridized carbons (Fsp3) is 0.143. The molecule has 2 rings (SSSR count). The monoisotopic (exact) mass is 196 g/mol. The number of hydrogen-bond donors (Lipinski definition) is 1. The molecule has 1 N–H and O–H groups in total. The van der Waals surface area contributed by atoms with Gasteiger partial charge in [-0.2, -0.15) is 0 Å². The van der Waals surface area contributed by atoms with Crippen molar-refractivity contribution in [1.82, 2.24) is 5.32 Å². The molecule has 0 amide bonds. The van der Waals surface area contributed by atoms with Gasteiger partial charge in [0.25, 0.3) is 0 Å². The lowest BCUT2D eigenvalue weighted by molar-refractivity contribution is 0.693. The minimum Gasteiger partial charge on any atom is -0.309 e. The molecule has 0 saturated carbocycles. The smallest absolute Gasteiger partial charge is 0.0208 e. The maximum atomic E-state index is 3.40. The van der Waals surface area contributed by atoms with Crippen LogP contribution in [0.3, 0.4) is 0 Å². The zero-order valence-electron chi connectivity index (χ0n) is 8.61. The van der Waals surface area contributed by atoms with Gasteiger partial charge in [-0.15, -0.1) is 0 Å². The Balaban J connectivity index is 1.81. The van der Waals surface area contributed by atoms with E-state index in [0.717, 1.165) is 13.1 Å². The van der Waals surface area contributed by atoms with E-state index in [2.05, 4.69) is 41.7 Å². The Morgan fingerprint density at radius 2 is 1.60 bits per heavy atom. The van der Waals surface area contributed by atoms with Gasteiger partial charge in [0.05, 0.1) is 0 Å². The Hall–Kier alpha value is -1.60. The standard InChI is InChI=1S/C14H14N/c1-3-7-13(8-4-1)11-15-12-14-9-5-2-6-10-14/h1-5,7-10,15H,11-12H2. The quantitative estimate of drug-likeness (QED) is 0.793. The molecule has 0 aromatic heterocycles. The second-order valence-electron chi connectivity index (χ2n) is 3.50. The highest BCUT2D eigenvalue weighted by Gasteiger charge is 1.92. The highest BCUT2D eigenvalue weighted by atomic mass is 14.8. The van der Waals surface area contributed by atoms with Gasteiger partial charge < -0.3 is 5.32 Å². The van der Waals surface area contributed by atoms with Gasteiger partial charge in [-0.1, -0.05) is 48.5 Å². The number of benzene rings is 2. The molecule has 1 radical (unpaired) electrons. The third kappa shape index (κ3) is 3.22. The lowest BCUT2D eigenvalue weighted by Crippen LogP contribution is -2.12. The van der Waals surface area contributed by atoms with E-state index in [1.165, 1.54) is 11.1 Å². The van der Waals surface area contributed by atoms with E-state index in [0.29, 0.717) is 0 Å². The molecular formula is C14H14N. The first-order chi connectivity index (χ1) is 7.45. The minimum absolute atomic E-state index is 0.895. The molecule has 0 fully saturated rings. The first-order valence-electron chi connectivity index (χ1n) is 5.15. The lowest BCUT2D eigenvalue weighted by Gasteiger charge is -2.04. The van der Waals surface area contributed by atoms with Crippen LogP contribution >= 0.6 is 0 Å². The van der Waals surface area contributed by atoms with Gasteiger partial charge in [0.2, 0.25) is 0 Å². The normalized spacial score (nSPS) is 10.1. The zero-order valence-corrected chi connectivity index (χ0v) is 8.61. The molecule has 0 atom stereocenters. The van der Waals surface area contributed by atoms with Crippen molar-refractivity contribution in [3.8, 4) is 0 Å². The molecule has 0 aliphatic carbocycles. The molecule has 0 heterocycles. The summed E-state index contributed by atoms with van der Waals surface area (Å²) < 4.78 is 0. The second-order valence-corrected chi connectivity index (χ2v) is 3.50. The molecular weight excluding hydrogens is 182 g/mol. The summed E-state index contributed by atoms with van der Waals surface area (Å²) in [4.78, 5) is 0. The van der Waals surface area contributed by atoms with Gasteiger partial charge in [0.1, 0.15) is 0 Å². The number of rotatable bonds is 4. The predicted octanol–water partition coefficient (Wildman–Crippen LogP) is 2.78. The average molecular weight is 196 g/mol. The lowest BCUT2D eigenvalue weighted by atomic mass is 10.2. The van der Waals surface area contributed by atoms with Crippen LogP contribution in [0.4, 0.5) is 0 Å². The Bertz CT molecular complexity index is 341. The first kappa shape index (κ1) is 9.94. The van der Waals surface area contributed by atoms with Crippen LogP contribution in [-0.4, -0.2) is 0 Å². The fourth-order valence-corrected chi connectivity index (χ4v) is 1.49. The Labute approximate surface area is 90.8 Å². The summed E-state index contributed by atoms with van der Waals surface area (Å²) in [6.45, 7) is 1.81. The van der Waals surface area contributed by atoms with Crippen LogP contribution in [0.2, 0.25) is 0 Å². The van der Waals surface area contributed by atoms with Crippen molar-refractivity contribution < 1.29 is 0 Å². The maximum absolute atomic E-state index is 3.40. The van der Waals surface area contributed by atoms with Gasteiger partial charge in [0.15, 0.2) is 0 Å². The summed E-state index contributed by atoms with van der Waals surface area (Å²) in [5, 5.41) is 3.40. The van der Waals surface area contributed by atoms with Gasteiger partial charge >= 0.3 is 0 Å². The molecule has 2 aromatic rings. The van der Waals surface area contributed by atoms with Crippen LogP contribution in [0.5, 0.6) is 0 Å². The summed E-state index contributed by atoms with van der Waals surface area (Å²) in [6.07, 6.45) is 0. The highest BCUT2D eigenvalue weighted by Crippen LogP contribution is 2.00. The Kier molecular flexibility index (Phi) is 3.53. The van der Waals surface area contributed by atoms with E-state index in [-0.39, 0.29) is 0 Å². The summed E-state index contributed by atoms with van der Waals surface area (Å²) >= 11 is 0. The summed E-state index contributed by atoms with van der Waals surface area (Å²) in [7, 11) is 0. The van der Waals surface area contributed by atoms with Crippen molar-refractivity contribution in [2.75, 3.05) is 0 Å². The molecule has 15 heavy (non-hydrogen) atoms. The highest BCUT2D eigenvalue weighted by molar-refractivity contribution is 5.16. The summed E-state index contributed by atoms with van der Waals surface area (Å²) in [5.74, 6) is 0. The van der Waals surface area contributed by atoms with Crippen LogP contribution in [0, 0.1) is 6.07 Å². The van der Waals surface area contributed by atoms with Crippen molar-refractivity contribution in [3.05, 3.63) is 71.8 Å². The van der Waals surface area contributed by atoms with Gasteiger partial charge in [-0.05, 0) is 23.3 Å². The molecule has 0 unspecified atom stereocenters. The molecule has 0 bridgehead atoms. The van der Waals surface area contributed by atoms with Crippen molar-refractivity contribution in [2.24, 2.45) is 0 Å². The van der Waals surface area contributed by atoms with Gasteiger partial charge in [-0.25, -0.2) is 0 Å². The van der Waals surface area contributed by atoms with Gasteiger partial charge in [0, 0.05) is 13.1 Å². The second kappa shape index (κ2) is 5.32. The summed E-state index contributed by atoms with van der Waals surface area (Å²) in [6, 6.07) is 21.5. The van der Waals surface area contributed by atoms with Crippen molar-refractivity contribution in [3.63, 3.8) is 0 Å². The predicted molar refractivity (Wildman–Crippen MR) is 62.3 cm³/mol.